The molecule has 4 heterocycles. The van der Waals surface area contributed by atoms with Gasteiger partial charge in [0.2, 0.25) is 0 Å². The van der Waals surface area contributed by atoms with Crippen LogP contribution in [-0.4, -0.2) is 47.6 Å². The maximum atomic E-state index is 4.50. The normalized spacial score (nSPS) is 19.0. The van der Waals surface area contributed by atoms with Gasteiger partial charge in [-0.3, -0.25) is 4.68 Å². The van der Waals surface area contributed by atoms with E-state index < -0.39 is 0 Å². The third kappa shape index (κ3) is 2.02. The average Bonchev–Trinajstić information content (AvgIpc) is 3.14. The van der Waals surface area contributed by atoms with Gasteiger partial charge < -0.3 is 9.47 Å². The quantitative estimate of drug-likeness (QED) is 0.699. The molecule has 0 saturated carbocycles. The van der Waals surface area contributed by atoms with Crippen molar-refractivity contribution in [2.24, 2.45) is 14.1 Å². The van der Waals surface area contributed by atoms with E-state index in [4.69, 9.17) is 0 Å². The molecule has 4 rings (SSSR count). The Morgan fingerprint density at radius 2 is 2.14 bits per heavy atom. The highest BCUT2D eigenvalue weighted by molar-refractivity contribution is 5.86. The highest BCUT2D eigenvalue weighted by atomic mass is 15.3. The predicted octanol–water partition coefficient (Wildman–Crippen LogP) is 0.876. The zero-order valence-electron chi connectivity index (χ0n) is 12.7. The minimum Gasteiger partial charge on any atom is -0.355 e. The number of nitrogens with zero attached hydrogens (tertiary/aromatic N) is 8. The molecule has 114 valence electrons. The van der Waals surface area contributed by atoms with Crippen LogP contribution in [0.15, 0.2) is 18.9 Å². The van der Waals surface area contributed by atoms with E-state index in [1.54, 1.807) is 17.3 Å². The molecule has 1 saturated heterocycles. The highest BCUT2D eigenvalue weighted by Crippen LogP contribution is 2.30. The topological polar surface area (TPSA) is 77.6 Å². The second kappa shape index (κ2) is 5.04. The van der Waals surface area contributed by atoms with E-state index in [1.807, 2.05) is 24.9 Å². The van der Waals surface area contributed by atoms with Crippen molar-refractivity contribution in [2.75, 3.05) is 18.0 Å². The molecule has 3 aromatic rings. The second-order valence-electron chi connectivity index (χ2n) is 5.79. The van der Waals surface area contributed by atoms with E-state index in [2.05, 4.69) is 30.2 Å². The molecule has 0 unspecified atom stereocenters. The van der Waals surface area contributed by atoms with Crippen molar-refractivity contribution in [1.29, 1.82) is 0 Å². The summed E-state index contributed by atoms with van der Waals surface area (Å²) in [5.41, 5.74) is 0.866. The highest BCUT2D eigenvalue weighted by Gasteiger charge is 2.26. The summed E-state index contributed by atoms with van der Waals surface area (Å²) < 4.78 is 3.79. The van der Waals surface area contributed by atoms with Gasteiger partial charge in [-0.2, -0.15) is 5.10 Å². The Kier molecular flexibility index (Phi) is 3.02. The zero-order chi connectivity index (χ0) is 15.1. The van der Waals surface area contributed by atoms with Gasteiger partial charge in [-0.15, -0.1) is 10.2 Å². The van der Waals surface area contributed by atoms with Crippen LogP contribution >= 0.6 is 0 Å². The maximum absolute atomic E-state index is 4.50. The van der Waals surface area contributed by atoms with Gasteiger partial charge in [0.15, 0.2) is 5.65 Å². The second-order valence-corrected chi connectivity index (χ2v) is 5.79. The lowest BCUT2D eigenvalue weighted by molar-refractivity contribution is 0.478. The first-order chi connectivity index (χ1) is 10.7. The molecule has 1 aliphatic rings. The lowest BCUT2D eigenvalue weighted by Crippen LogP contribution is -2.36. The number of aryl methyl sites for hydroxylation is 2. The fraction of sp³-hybridized carbons (Fsp3) is 0.500. The monoisotopic (exact) mass is 298 g/mol. The summed E-state index contributed by atoms with van der Waals surface area (Å²) in [6, 6.07) is 0. The fourth-order valence-electron chi connectivity index (χ4n) is 3.24. The van der Waals surface area contributed by atoms with Crippen LogP contribution in [0.5, 0.6) is 0 Å². The minimum atomic E-state index is 0.378. The molecule has 0 N–H and O–H groups in total. The summed E-state index contributed by atoms with van der Waals surface area (Å²) in [5, 5.41) is 13.6. The SMILES string of the molecule is Cn1cnnc1[C@H]1CCCN(c2ncnc3c2cnn3C)C1. The fourth-order valence-corrected chi connectivity index (χ4v) is 3.24. The largest absolute Gasteiger partial charge is 0.355 e. The van der Waals surface area contributed by atoms with Gasteiger partial charge in [-0.25, -0.2) is 9.97 Å². The van der Waals surface area contributed by atoms with E-state index >= 15 is 0 Å². The van der Waals surface area contributed by atoms with Gasteiger partial charge in [-0.05, 0) is 12.8 Å². The number of aromatic nitrogens is 7. The number of hydrogen-bond donors (Lipinski definition) is 0. The van der Waals surface area contributed by atoms with Gasteiger partial charge in [0.1, 0.15) is 24.3 Å². The lowest BCUT2D eigenvalue weighted by Gasteiger charge is -2.33. The van der Waals surface area contributed by atoms with E-state index in [1.165, 1.54) is 0 Å². The summed E-state index contributed by atoms with van der Waals surface area (Å²) in [5.74, 6) is 2.38. The molecular formula is C14H18N8. The molecule has 1 fully saturated rings. The van der Waals surface area contributed by atoms with E-state index in [-0.39, 0.29) is 0 Å². The summed E-state index contributed by atoms with van der Waals surface area (Å²) in [6.07, 6.45) is 7.47. The minimum absolute atomic E-state index is 0.378. The van der Waals surface area contributed by atoms with Crippen LogP contribution in [0.1, 0.15) is 24.6 Å². The molecule has 0 aromatic carbocycles. The number of hydrogen-bond acceptors (Lipinski definition) is 6. The standard InChI is InChI=1S/C14H18N8/c1-20-9-17-19-12(20)10-4-3-5-22(7-10)14-11-6-18-21(2)13(11)15-8-16-14/h6,8-10H,3-5,7H2,1-2H3/t10-/m0/s1. The molecule has 8 heteroatoms. The van der Waals surface area contributed by atoms with Gasteiger partial charge in [0, 0.05) is 33.1 Å². The molecule has 22 heavy (non-hydrogen) atoms. The van der Waals surface area contributed by atoms with Crippen molar-refractivity contribution in [3.63, 3.8) is 0 Å². The van der Waals surface area contributed by atoms with E-state index in [9.17, 15) is 0 Å². The van der Waals surface area contributed by atoms with E-state index in [0.29, 0.717) is 5.92 Å². The molecule has 0 aliphatic carbocycles. The Hall–Kier alpha value is -2.51. The van der Waals surface area contributed by atoms with Gasteiger partial charge >= 0.3 is 0 Å². The van der Waals surface area contributed by atoms with Crippen molar-refractivity contribution in [3.05, 3.63) is 24.7 Å². The van der Waals surface area contributed by atoms with Crippen molar-refractivity contribution < 1.29 is 0 Å². The number of fused-ring (bicyclic) bond motifs is 1. The molecule has 1 atom stereocenters. The molecule has 8 nitrogen and oxygen atoms in total. The molecule has 3 aromatic heterocycles. The third-order valence-electron chi connectivity index (χ3n) is 4.34. The maximum Gasteiger partial charge on any atom is 0.163 e. The first-order valence-corrected chi connectivity index (χ1v) is 7.45. The Morgan fingerprint density at radius 3 is 2.95 bits per heavy atom. The van der Waals surface area contributed by atoms with Gasteiger partial charge in [0.05, 0.1) is 11.6 Å². The van der Waals surface area contributed by atoms with Gasteiger partial charge in [0.25, 0.3) is 0 Å². The molecule has 0 spiro atoms. The van der Waals surface area contributed by atoms with Crippen LogP contribution in [0.4, 0.5) is 5.82 Å². The Morgan fingerprint density at radius 1 is 1.23 bits per heavy atom. The Bertz CT molecular complexity index is 804. The number of rotatable bonds is 2. The van der Waals surface area contributed by atoms with Crippen LogP contribution in [0.25, 0.3) is 11.0 Å². The molecule has 1 aliphatic heterocycles. The molecular weight excluding hydrogens is 280 g/mol. The van der Waals surface area contributed by atoms with Crippen molar-refractivity contribution in [1.82, 2.24) is 34.5 Å². The molecule has 0 bridgehead atoms. The average molecular weight is 298 g/mol. The van der Waals surface area contributed by atoms with Crippen LogP contribution in [0.3, 0.4) is 0 Å². The van der Waals surface area contributed by atoms with Crippen LogP contribution in [0, 0.1) is 0 Å². The van der Waals surface area contributed by atoms with Crippen molar-refractivity contribution in [2.45, 2.75) is 18.8 Å². The van der Waals surface area contributed by atoms with E-state index in [0.717, 1.165) is 48.6 Å². The zero-order valence-corrected chi connectivity index (χ0v) is 12.7. The Balaban J connectivity index is 1.68. The van der Waals surface area contributed by atoms with Crippen LogP contribution in [0.2, 0.25) is 0 Å². The molecule has 0 amide bonds. The number of anilines is 1. The van der Waals surface area contributed by atoms with Crippen molar-refractivity contribution >= 4 is 16.9 Å². The summed E-state index contributed by atoms with van der Waals surface area (Å²) in [6.45, 7) is 1.89. The first kappa shape index (κ1) is 13.2. The summed E-state index contributed by atoms with van der Waals surface area (Å²) >= 11 is 0. The first-order valence-electron chi connectivity index (χ1n) is 7.45. The van der Waals surface area contributed by atoms with Gasteiger partial charge in [-0.1, -0.05) is 0 Å². The van der Waals surface area contributed by atoms with Crippen LogP contribution in [-0.2, 0) is 14.1 Å². The molecule has 0 radical (unpaired) electrons. The van der Waals surface area contributed by atoms with Crippen molar-refractivity contribution in [3.8, 4) is 0 Å². The summed E-state index contributed by atoms with van der Waals surface area (Å²) in [4.78, 5) is 11.1. The third-order valence-corrected chi connectivity index (χ3v) is 4.34. The predicted molar refractivity (Wildman–Crippen MR) is 81.5 cm³/mol. The smallest absolute Gasteiger partial charge is 0.163 e. The number of piperidine rings is 1. The summed E-state index contributed by atoms with van der Waals surface area (Å²) in [7, 11) is 3.90. The van der Waals surface area contributed by atoms with Crippen LogP contribution < -0.4 is 4.90 Å². The lowest BCUT2D eigenvalue weighted by atomic mass is 9.97. The Labute approximate surface area is 127 Å².